The third kappa shape index (κ3) is 3.97. The molecule has 110 valence electrons. The van der Waals surface area contributed by atoms with Crippen LogP contribution in [-0.4, -0.2) is 30.4 Å². The zero-order chi connectivity index (χ0) is 14.7. The normalized spacial score (nSPS) is 17.9. The van der Waals surface area contributed by atoms with Crippen LogP contribution in [0.1, 0.15) is 38.3 Å². The average Bonchev–Trinajstić information content (AvgIpc) is 3.22. The Balaban J connectivity index is 1.86. The van der Waals surface area contributed by atoms with Gasteiger partial charge in [-0.2, -0.15) is 0 Å². The van der Waals surface area contributed by atoms with Crippen molar-refractivity contribution in [2.24, 2.45) is 5.92 Å². The predicted octanol–water partition coefficient (Wildman–Crippen LogP) is 3.25. The number of nitrogens with one attached hydrogen (secondary N) is 1. The second kappa shape index (κ2) is 6.59. The van der Waals surface area contributed by atoms with Gasteiger partial charge < -0.3 is 5.32 Å². The fraction of sp³-hybridized carbons (Fsp3) is 0.562. The topological polar surface area (TPSA) is 32.3 Å². The zero-order valence-electron chi connectivity index (χ0n) is 12.4. The molecule has 1 saturated carbocycles. The highest BCUT2D eigenvalue weighted by atomic mass is 35.5. The van der Waals surface area contributed by atoms with Gasteiger partial charge in [0.2, 0.25) is 5.91 Å². The summed E-state index contributed by atoms with van der Waals surface area (Å²) in [5, 5.41) is 3.71. The first kappa shape index (κ1) is 15.3. The van der Waals surface area contributed by atoms with Crippen molar-refractivity contribution in [3.8, 4) is 0 Å². The Bertz CT molecular complexity index is 473. The molecule has 1 aromatic carbocycles. The minimum absolute atomic E-state index is 0.0485. The van der Waals surface area contributed by atoms with E-state index in [9.17, 15) is 4.79 Å². The highest BCUT2D eigenvalue weighted by Crippen LogP contribution is 2.34. The summed E-state index contributed by atoms with van der Waals surface area (Å²) in [6.45, 7) is 4.60. The number of likely N-dealkylation sites (N-methyl/N-ethyl adjacent to an activating group) is 1. The van der Waals surface area contributed by atoms with Gasteiger partial charge in [0, 0.05) is 11.1 Å². The van der Waals surface area contributed by atoms with Crippen molar-refractivity contribution in [2.45, 2.75) is 38.8 Å². The zero-order valence-corrected chi connectivity index (χ0v) is 13.2. The minimum atomic E-state index is -0.0687. The van der Waals surface area contributed by atoms with Gasteiger partial charge in [-0.15, -0.1) is 0 Å². The Hall–Kier alpha value is -1.06. The molecule has 1 fully saturated rings. The quantitative estimate of drug-likeness (QED) is 0.873. The number of benzene rings is 1. The summed E-state index contributed by atoms with van der Waals surface area (Å²) in [6.07, 6.45) is 2.59. The molecule has 1 N–H and O–H groups in total. The van der Waals surface area contributed by atoms with E-state index >= 15 is 0 Å². The van der Waals surface area contributed by atoms with E-state index in [4.69, 9.17) is 11.6 Å². The second-order valence-electron chi connectivity index (χ2n) is 5.80. The first-order valence-corrected chi connectivity index (χ1v) is 7.61. The maximum absolute atomic E-state index is 12.1. The van der Waals surface area contributed by atoms with Crippen molar-refractivity contribution >= 4 is 17.5 Å². The number of hydrogen-bond acceptors (Lipinski definition) is 2. The van der Waals surface area contributed by atoms with Gasteiger partial charge in [-0.05, 0) is 51.3 Å². The number of halogens is 1. The number of carbonyl (C=O) groups is 1. The fourth-order valence-electron chi connectivity index (χ4n) is 2.50. The van der Waals surface area contributed by atoms with Crippen LogP contribution in [0.25, 0.3) is 0 Å². The molecule has 1 aromatic rings. The van der Waals surface area contributed by atoms with Crippen molar-refractivity contribution in [3.05, 3.63) is 34.9 Å². The molecular formula is C16H23ClN2O. The fourth-order valence-corrected chi connectivity index (χ4v) is 2.80. The lowest BCUT2D eigenvalue weighted by Gasteiger charge is -2.25. The van der Waals surface area contributed by atoms with Gasteiger partial charge in [0.25, 0.3) is 0 Å². The monoisotopic (exact) mass is 294 g/mol. The molecule has 1 amide bonds. The van der Waals surface area contributed by atoms with Crippen LogP contribution in [0.15, 0.2) is 24.3 Å². The van der Waals surface area contributed by atoms with E-state index in [0.29, 0.717) is 17.6 Å². The first-order valence-electron chi connectivity index (χ1n) is 7.23. The molecule has 0 saturated heterocycles. The number of carbonyl (C=O) groups excluding carboxylic acids is 1. The van der Waals surface area contributed by atoms with Gasteiger partial charge in [0.15, 0.2) is 0 Å². The summed E-state index contributed by atoms with van der Waals surface area (Å²) in [5.41, 5.74) is 0.959. The van der Waals surface area contributed by atoms with Crippen molar-refractivity contribution < 1.29 is 4.79 Å². The Morgan fingerprint density at radius 2 is 2.05 bits per heavy atom. The van der Waals surface area contributed by atoms with Gasteiger partial charge in [-0.25, -0.2) is 0 Å². The number of nitrogens with zero attached hydrogens (tertiary/aromatic N) is 1. The van der Waals surface area contributed by atoms with Crippen LogP contribution < -0.4 is 5.32 Å². The number of rotatable bonds is 6. The molecule has 0 spiro atoms. The van der Waals surface area contributed by atoms with E-state index in [1.807, 2.05) is 38.2 Å². The molecule has 2 unspecified atom stereocenters. The molecule has 2 rings (SSSR count). The Morgan fingerprint density at radius 1 is 1.40 bits per heavy atom. The number of hydrogen-bond donors (Lipinski definition) is 1. The minimum Gasteiger partial charge on any atom is -0.348 e. The molecule has 0 aliphatic heterocycles. The standard InChI is InChI=1S/C16H23ClN2O/c1-11(14-6-4-5-7-15(14)17)18-16(20)10-19(3)12(2)13-8-9-13/h4-7,11-13H,8-10H2,1-3H3,(H,18,20). The van der Waals surface area contributed by atoms with Crippen molar-refractivity contribution in [1.29, 1.82) is 0 Å². The van der Waals surface area contributed by atoms with E-state index in [-0.39, 0.29) is 11.9 Å². The molecule has 2 atom stereocenters. The lowest BCUT2D eigenvalue weighted by atomic mass is 10.1. The summed E-state index contributed by atoms with van der Waals surface area (Å²) in [6, 6.07) is 8.04. The average molecular weight is 295 g/mol. The molecular weight excluding hydrogens is 272 g/mol. The summed E-state index contributed by atoms with van der Waals surface area (Å²) < 4.78 is 0. The Labute approximate surface area is 126 Å². The smallest absolute Gasteiger partial charge is 0.234 e. The van der Waals surface area contributed by atoms with Gasteiger partial charge >= 0.3 is 0 Å². The SMILES string of the molecule is CC(NC(=O)CN(C)C(C)C1CC1)c1ccccc1Cl. The summed E-state index contributed by atoms with van der Waals surface area (Å²) in [5.74, 6) is 0.821. The van der Waals surface area contributed by atoms with E-state index in [2.05, 4.69) is 17.1 Å². The Kier molecular flexibility index (Phi) is 5.06. The number of amides is 1. The predicted molar refractivity (Wildman–Crippen MR) is 82.8 cm³/mol. The Morgan fingerprint density at radius 3 is 2.65 bits per heavy atom. The van der Waals surface area contributed by atoms with Gasteiger partial charge in [-0.3, -0.25) is 9.69 Å². The van der Waals surface area contributed by atoms with Crippen LogP contribution in [0, 0.1) is 5.92 Å². The molecule has 20 heavy (non-hydrogen) atoms. The summed E-state index contributed by atoms with van der Waals surface area (Å²) in [4.78, 5) is 14.2. The maximum Gasteiger partial charge on any atom is 0.234 e. The molecule has 0 radical (unpaired) electrons. The summed E-state index contributed by atoms with van der Waals surface area (Å²) >= 11 is 6.15. The van der Waals surface area contributed by atoms with Crippen LogP contribution in [-0.2, 0) is 4.79 Å². The molecule has 0 aromatic heterocycles. The van der Waals surface area contributed by atoms with E-state index in [1.165, 1.54) is 12.8 Å². The highest BCUT2D eigenvalue weighted by molar-refractivity contribution is 6.31. The molecule has 4 heteroatoms. The van der Waals surface area contributed by atoms with Crippen LogP contribution >= 0.6 is 11.6 Å². The molecule has 0 bridgehead atoms. The van der Waals surface area contributed by atoms with E-state index in [0.717, 1.165) is 11.5 Å². The van der Waals surface area contributed by atoms with Gasteiger partial charge in [-0.1, -0.05) is 29.8 Å². The maximum atomic E-state index is 12.1. The second-order valence-corrected chi connectivity index (χ2v) is 6.21. The molecule has 3 nitrogen and oxygen atoms in total. The van der Waals surface area contributed by atoms with Crippen LogP contribution in [0.3, 0.4) is 0 Å². The van der Waals surface area contributed by atoms with Crippen LogP contribution in [0.2, 0.25) is 5.02 Å². The third-order valence-electron chi connectivity index (χ3n) is 4.14. The van der Waals surface area contributed by atoms with Crippen molar-refractivity contribution in [1.82, 2.24) is 10.2 Å². The van der Waals surface area contributed by atoms with E-state index < -0.39 is 0 Å². The largest absolute Gasteiger partial charge is 0.348 e. The van der Waals surface area contributed by atoms with Crippen LogP contribution in [0.4, 0.5) is 0 Å². The summed E-state index contributed by atoms with van der Waals surface area (Å²) in [7, 11) is 2.02. The highest BCUT2D eigenvalue weighted by Gasteiger charge is 2.31. The van der Waals surface area contributed by atoms with E-state index in [1.54, 1.807) is 0 Å². The first-order chi connectivity index (χ1) is 9.49. The molecule has 1 aliphatic carbocycles. The van der Waals surface area contributed by atoms with Crippen LogP contribution in [0.5, 0.6) is 0 Å². The third-order valence-corrected chi connectivity index (χ3v) is 4.49. The molecule has 0 heterocycles. The van der Waals surface area contributed by atoms with Crippen molar-refractivity contribution in [2.75, 3.05) is 13.6 Å². The van der Waals surface area contributed by atoms with Gasteiger partial charge in [0.1, 0.15) is 0 Å². The van der Waals surface area contributed by atoms with Gasteiger partial charge in [0.05, 0.1) is 12.6 Å². The lowest BCUT2D eigenvalue weighted by molar-refractivity contribution is -0.123. The van der Waals surface area contributed by atoms with Crippen molar-refractivity contribution in [3.63, 3.8) is 0 Å². The lowest BCUT2D eigenvalue weighted by Crippen LogP contribution is -2.41. The molecule has 1 aliphatic rings.